The molecule has 3 N–H and O–H groups in total. The minimum Gasteiger partial charge on any atom is -0.385 e. The first-order valence-corrected chi connectivity index (χ1v) is 9.38. The van der Waals surface area contributed by atoms with E-state index >= 15 is 0 Å². The highest BCUT2D eigenvalue weighted by atomic mass is 19.1. The van der Waals surface area contributed by atoms with Crippen molar-refractivity contribution in [1.29, 1.82) is 0 Å². The molecular formula is C20H27FN6. The van der Waals surface area contributed by atoms with Gasteiger partial charge < -0.3 is 20.9 Å². The van der Waals surface area contributed by atoms with Crippen LogP contribution in [0.15, 0.2) is 53.7 Å². The Morgan fingerprint density at radius 1 is 1.22 bits per heavy atom. The quantitative estimate of drug-likeness (QED) is 0.397. The lowest BCUT2D eigenvalue weighted by Gasteiger charge is -2.20. The second kappa shape index (κ2) is 9.75. The molecule has 0 saturated carbocycles. The Morgan fingerprint density at radius 3 is 2.85 bits per heavy atom. The molecule has 0 spiro atoms. The van der Waals surface area contributed by atoms with Crippen LogP contribution >= 0.6 is 0 Å². The molecule has 1 aromatic carbocycles. The summed E-state index contributed by atoms with van der Waals surface area (Å²) in [7, 11) is 1.77. The number of halogens is 1. The number of nitrogens with zero attached hydrogens (tertiary/aromatic N) is 3. The van der Waals surface area contributed by atoms with E-state index in [1.54, 1.807) is 19.3 Å². The van der Waals surface area contributed by atoms with E-state index in [0.29, 0.717) is 12.4 Å². The average Bonchev–Trinajstić information content (AvgIpc) is 3.16. The lowest BCUT2D eigenvalue weighted by Crippen LogP contribution is -2.45. The second-order valence-electron chi connectivity index (χ2n) is 6.53. The summed E-state index contributed by atoms with van der Waals surface area (Å²) < 4.78 is 13.9. The van der Waals surface area contributed by atoms with Crippen molar-refractivity contribution in [2.45, 2.75) is 18.9 Å². The number of para-hydroxylation sites is 1. The Hall–Kier alpha value is -2.83. The molecule has 0 aliphatic carbocycles. The standard InChI is InChI=1S/C20H27FN6/c1-22-20(25-13-6-12-23-16-7-3-2-4-8-16)26-17-10-14-27(15-17)19-18(21)9-5-11-24-19/h2-5,7-9,11,17,23H,6,10,12-15H2,1H3,(H2,22,25,26). The zero-order valence-corrected chi connectivity index (χ0v) is 15.7. The van der Waals surface area contributed by atoms with Crippen LogP contribution in [0.4, 0.5) is 15.9 Å². The van der Waals surface area contributed by atoms with Gasteiger partial charge in [-0.3, -0.25) is 4.99 Å². The summed E-state index contributed by atoms with van der Waals surface area (Å²) in [5.41, 5.74) is 1.13. The van der Waals surface area contributed by atoms with Gasteiger partial charge >= 0.3 is 0 Å². The second-order valence-corrected chi connectivity index (χ2v) is 6.53. The third-order valence-corrected chi connectivity index (χ3v) is 4.54. The SMILES string of the molecule is CN=C(NCCCNc1ccccc1)NC1CCN(c2ncccc2F)C1. The Labute approximate surface area is 159 Å². The van der Waals surface area contributed by atoms with Crippen LogP contribution in [-0.4, -0.2) is 50.2 Å². The number of aromatic nitrogens is 1. The zero-order valence-electron chi connectivity index (χ0n) is 15.7. The summed E-state index contributed by atoms with van der Waals surface area (Å²) >= 11 is 0. The fourth-order valence-corrected chi connectivity index (χ4v) is 3.15. The third-order valence-electron chi connectivity index (χ3n) is 4.54. The van der Waals surface area contributed by atoms with Gasteiger partial charge in [0.1, 0.15) is 0 Å². The maximum absolute atomic E-state index is 13.9. The van der Waals surface area contributed by atoms with Gasteiger partial charge in [0, 0.05) is 51.2 Å². The Bertz CT molecular complexity index is 736. The molecule has 1 unspecified atom stereocenters. The molecule has 144 valence electrons. The first kappa shape index (κ1) is 18.9. The maximum Gasteiger partial charge on any atom is 0.191 e. The fourth-order valence-electron chi connectivity index (χ4n) is 3.15. The first-order valence-electron chi connectivity index (χ1n) is 9.38. The number of rotatable bonds is 7. The smallest absolute Gasteiger partial charge is 0.191 e. The molecule has 27 heavy (non-hydrogen) atoms. The Balaban J connectivity index is 1.37. The summed E-state index contributed by atoms with van der Waals surface area (Å²) in [6.45, 7) is 3.21. The third kappa shape index (κ3) is 5.57. The molecule has 2 aromatic rings. The molecule has 7 heteroatoms. The summed E-state index contributed by atoms with van der Waals surface area (Å²) in [5.74, 6) is 0.936. The van der Waals surface area contributed by atoms with Crippen LogP contribution in [0.3, 0.4) is 0 Å². The molecule has 1 atom stereocenters. The van der Waals surface area contributed by atoms with Crippen molar-refractivity contribution in [3.05, 3.63) is 54.5 Å². The average molecular weight is 370 g/mol. The van der Waals surface area contributed by atoms with Crippen molar-refractivity contribution in [2.24, 2.45) is 4.99 Å². The van der Waals surface area contributed by atoms with E-state index in [1.165, 1.54) is 6.07 Å². The number of pyridine rings is 1. The predicted molar refractivity (Wildman–Crippen MR) is 109 cm³/mol. The van der Waals surface area contributed by atoms with Crippen LogP contribution in [-0.2, 0) is 0 Å². The number of hydrogen-bond donors (Lipinski definition) is 3. The maximum atomic E-state index is 13.9. The largest absolute Gasteiger partial charge is 0.385 e. The Morgan fingerprint density at radius 2 is 2.07 bits per heavy atom. The highest BCUT2D eigenvalue weighted by molar-refractivity contribution is 5.80. The van der Waals surface area contributed by atoms with E-state index in [9.17, 15) is 4.39 Å². The highest BCUT2D eigenvalue weighted by Gasteiger charge is 2.25. The van der Waals surface area contributed by atoms with E-state index < -0.39 is 0 Å². The van der Waals surface area contributed by atoms with Crippen molar-refractivity contribution < 1.29 is 4.39 Å². The molecule has 1 saturated heterocycles. The number of hydrogen-bond acceptors (Lipinski definition) is 4. The van der Waals surface area contributed by atoms with Gasteiger partial charge in [0.2, 0.25) is 0 Å². The van der Waals surface area contributed by atoms with Crippen LogP contribution in [0.25, 0.3) is 0 Å². The van der Waals surface area contributed by atoms with Crippen LogP contribution in [0, 0.1) is 5.82 Å². The van der Waals surface area contributed by atoms with Gasteiger partial charge in [-0.2, -0.15) is 0 Å². The Kier molecular flexibility index (Phi) is 6.84. The summed E-state index contributed by atoms with van der Waals surface area (Å²) in [6.07, 6.45) is 3.53. The molecule has 1 aromatic heterocycles. The van der Waals surface area contributed by atoms with Crippen molar-refractivity contribution in [3.8, 4) is 0 Å². The molecule has 3 rings (SSSR count). The molecule has 0 amide bonds. The van der Waals surface area contributed by atoms with E-state index in [2.05, 4.69) is 38.1 Å². The van der Waals surface area contributed by atoms with E-state index in [0.717, 1.165) is 44.1 Å². The topological polar surface area (TPSA) is 64.6 Å². The molecular weight excluding hydrogens is 343 g/mol. The van der Waals surface area contributed by atoms with Gasteiger partial charge in [-0.25, -0.2) is 9.37 Å². The number of nitrogens with one attached hydrogen (secondary N) is 3. The lowest BCUT2D eigenvalue weighted by atomic mass is 10.3. The van der Waals surface area contributed by atoms with E-state index in [-0.39, 0.29) is 11.9 Å². The number of guanidine groups is 1. The minimum atomic E-state index is -0.272. The van der Waals surface area contributed by atoms with Gasteiger partial charge in [0.05, 0.1) is 0 Å². The predicted octanol–water partition coefficient (Wildman–Crippen LogP) is 2.47. The van der Waals surface area contributed by atoms with Gasteiger partial charge in [0.15, 0.2) is 17.6 Å². The molecule has 1 fully saturated rings. The van der Waals surface area contributed by atoms with E-state index in [1.807, 2.05) is 23.1 Å². The molecule has 1 aliphatic heterocycles. The fraction of sp³-hybridized carbons (Fsp3) is 0.400. The van der Waals surface area contributed by atoms with Crippen LogP contribution in [0.2, 0.25) is 0 Å². The molecule has 1 aliphatic rings. The van der Waals surface area contributed by atoms with Crippen molar-refractivity contribution in [2.75, 3.05) is 43.4 Å². The normalized spacial score (nSPS) is 17.0. The minimum absolute atomic E-state index is 0.222. The van der Waals surface area contributed by atoms with Crippen molar-refractivity contribution >= 4 is 17.5 Å². The highest BCUT2D eigenvalue weighted by Crippen LogP contribution is 2.20. The molecule has 0 bridgehead atoms. The van der Waals surface area contributed by atoms with Crippen LogP contribution in [0.5, 0.6) is 0 Å². The monoisotopic (exact) mass is 370 g/mol. The summed E-state index contributed by atoms with van der Waals surface area (Å²) in [4.78, 5) is 10.4. The van der Waals surface area contributed by atoms with Crippen molar-refractivity contribution in [3.63, 3.8) is 0 Å². The van der Waals surface area contributed by atoms with Crippen LogP contribution < -0.4 is 20.9 Å². The number of aliphatic imine (C=N–C) groups is 1. The van der Waals surface area contributed by atoms with Gasteiger partial charge in [-0.15, -0.1) is 0 Å². The number of anilines is 2. The summed E-state index contributed by atoms with van der Waals surface area (Å²) in [6, 6.07) is 13.5. The summed E-state index contributed by atoms with van der Waals surface area (Å²) in [5, 5.41) is 10.1. The van der Waals surface area contributed by atoms with Gasteiger partial charge in [0.25, 0.3) is 0 Å². The number of benzene rings is 1. The first-order chi connectivity index (χ1) is 13.3. The van der Waals surface area contributed by atoms with Crippen LogP contribution in [0.1, 0.15) is 12.8 Å². The lowest BCUT2D eigenvalue weighted by molar-refractivity contribution is 0.612. The molecule has 2 heterocycles. The van der Waals surface area contributed by atoms with Gasteiger partial charge in [-0.1, -0.05) is 18.2 Å². The van der Waals surface area contributed by atoms with Gasteiger partial charge in [-0.05, 0) is 37.1 Å². The zero-order chi connectivity index (χ0) is 18.9. The van der Waals surface area contributed by atoms with E-state index in [4.69, 9.17) is 0 Å². The molecule has 0 radical (unpaired) electrons. The van der Waals surface area contributed by atoms with Crippen molar-refractivity contribution in [1.82, 2.24) is 15.6 Å². The molecule has 6 nitrogen and oxygen atoms in total.